The molecule has 1 saturated carbocycles. The Morgan fingerprint density at radius 3 is 2.19 bits per heavy atom. The summed E-state index contributed by atoms with van der Waals surface area (Å²) in [6, 6.07) is 7.96. The van der Waals surface area contributed by atoms with Crippen molar-refractivity contribution in [3.05, 3.63) is 24.3 Å². The van der Waals surface area contributed by atoms with E-state index in [4.69, 9.17) is 9.47 Å². The smallest absolute Gasteiger partial charge is 0.119 e. The van der Waals surface area contributed by atoms with E-state index >= 15 is 0 Å². The highest BCUT2D eigenvalue weighted by molar-refractivity contribution is 5.31. The van der Waals surface area contributed by atoms with Crippen LogP contribution in [0.4, 0.5) is 0 Å². The second-order valence-electron chi connectivity index (χ2n) is 6.08. The fourth-order valence-electron chi connectivity index (χ4n) is 2.72. The number of nitrogens with one attached hydrogen (secondary N) is 1. The van der Waals surface area contributed by atoms with Gasteiger partial charge < -0.3 is 19.9 Å². The highest BCUT2D eigenvalue weighted by Gasteiger charge is 2.45. The quantitative estimate of drug-likeness (QED) is 0.735. The van der Waals surface area contributed by atoms with Crippen molar-refractivity contribution in [3.63, 3.8) is 0 Å². The van der Waals surface area contributed by atoms with E-state index < -0.39 is 0 Å². The average molecular weight is 293 g/mol. The van der Waals surface area contributed by atoms with Crippen molar-refractivity contribution in [3.8, 4) is 11.5 Å². The number of aliphatic hydroxyl groups excluding tert-OH is 1. The van der Waals surface area contributed by atoms with Crippen LogP contribution in [0.5, 0.6) is 11.5 Å². The molecule has 0 aromatic heterocycles. The SMILES string of the molecule is CCOc1ccc(OCC(CO)(NC(C)C)C2CC2)cc1. The molecule has 0 bridgehead atoms. The Bertz CT molecular complexity index is 428. The van der Waals surface area contributed by atoms with E-state index in [9.17, 15) is 5.11 Å². The lowest BCUT2D eigenvalue weighted by molar-refractivity contribution is 0.0778. The predicted molar refractivity (Wildman–Crippen MR) is 83.9 cm³/mol. The topological polar surface area (TPSA) is 50.7 Å². The molecule has 0 aliphatic heterocycles. The molecule has 0 saturated heterocycles. The van der Waals surface area contributed by atoms with Crippen LogP contribution in [0.3, 0.4) is 0 Å². The van der Waals surface area contributed by atoms with Crippen molar-refractivity contribution in [2.24, 2.45) is 5.92 Å². The molecule has 0 radical (unpaired) electrons. The van der Waals surface area contributed by atoms with Crippen molar-refractivity contribution < 1.29 is 14.6 Å². The van der Waals surface area contributed by atoms with Crippen LogP contribution in [0, 0.1) is 5.92 Å². The Balaban J connectivity index is 1.97. The summed E-state index contributed by atoms with van der Waals surface area (Å²) in [5.74, 6) is 2.16. The molecule has 1 aliphatic rings. The third kappa shape index (κ3) is 4.35. The first kappa shape index (κ1) is 16.1. The molecule has 4 nitrogen and oxygen atoms in total. The van der Waals surface area contributed by atoms with E-state index in [1.54, 1.807) is 0 Å². The number of hydrogen-bond donors (Lipinski definition) is 2. The van der Waals surface area contributed by atoms with Crippen molar-refractivity contribution in [1.82, 2.24) is 5.32 Å². The Morgan fingerprint density at radius 2 is 1.76 bits per heavy atom. The third-order valence-corrected chi connectivity index (χ3v) is 3.85. The zero-order valence-corrected chi connectivity index (χ0v) is 13.3. The van der Waals surface area contributed by atoms with E-state index in [-0.39, 0.29) is 12.1 Å². The zero-order chi connectivity index (χ0) is 15.3. The van der Waals surface area contributed by atoms with Gasteiger partial charge in [0, 0.05) is 6.04 Å². The molecule has 1 unspecified atom stereocenters. The minimum absolute atomic E-state index is 0.104. The van der Waals surface area contributed by atoms with E-state index in [2.05, 4.69) is 19.2 Å². The summed E-state index contributed by atoms with van der Waals surface area (Å²) < 4.78 is 11.3. The first-order chi connectivity index (χ1) is 10.1. The van der Waals surface area contributed by atoms with Gasteiger partial charge in [-0.05, 0) is 49.9 Å². The van der Waals surface area contributed by atoms with Gasteiger partial charge in [-0.25, -0.2) is 0 Å². The Hall–Kier alpha value is -1.26. The van der Waals surface area contributed by atoms with Crippen LogP contribution in [0.1, 0.15) is 33.6 Å². The van der Waals surface area contributed by atoms with Crippen molar-refractivity contribution in [2.45, 2.75) is 45.2 Å². The molecule has 1 aromatic rings. The Morgan fingerprint density at radius 1 is 1.19 bits per heavy atom. The second-order valence-corrected chi connectivity index (χ2v) is 6.08. The summed E-state index contributed by atoms with van der Waals surface area (Å²) >= 11 is 0. The van der Waals surface area contributed by atoms with Gasteiger partial charge in [0.1, 0.15) is 18.1 Å². The van der Waals surface area contributed by atoms with Crippen LogP contribution < -0.4 is 14.8 Å². The van der Waals surface area contributed by atoms with Crippen LogP contribution in [0.15, 0.2) is 24.3 Å². The van der Waals surface area contributed by atoms with Crippen molar-refractivity contribution in [1.29, 1.82) is 0 Å². The van der Waals surface area contributed by atoms with Crippen molar-refractivity contribution in [2.75, 3.05) is 19.8 Å². The van der Waals surface area contributed by atoms with Gasteiger partial charge in [0.15, 0.2) is 0 Å². The molecule has 1 aromatic carbocycles. The zero-order valence-electron chi connectivity index (χ0n) is 13.3. The lowest BCUT2D eigenvalue weighted by Gasteiger charge is -2.35. The van der Waals surface area contributed by atoms with Gasteiger partial charge in [-0.15, -0.1) is 0 Å². The molecule has 1 aliphatic carbocycles. The molecule has 4 heteroatoms. The number of rotatable bonds is 9. The van der Waals surface area contributed by atoms with Crippen LogP contribution in [0.25, 0.3) is 0 Å². The van der Waals surface area contributed by atoms with Crippen LogP contribution in [-0.4, -0.2) is 36.5 Å². The fraction of sp³-hybridized carbons (Fsp3) is 0.647. The minimum Gasteiger partial charge on any atom is -0.494 e. The first-order valence-corrected chi connectivity index (χ1v) is 7.84. The van der Waals surface area contributed by atoms with Gasteiger partial charge >= 0.3 is 0 Å². The maximum Gasteiger partial charge on any atom is 0.119 e. The summed E-state index contributed by atoms with van der Waals surface area (Å²) in [4.78, 5) is 0. The largest absolute Gasteiger partial charge is 0.494 e. The van der Waals surface area contributed by atoms with E-state index in [0.717, 1.165) is 24.3 Å². The molecule has 21 heavy (non-hydrogen) atoms. The number of benzene rings is 1. The third-order valence-electron chi connectivity index (χ3n) is 3.85. The molecule has 0 amide bonds. The van der Waals surface area contributed by atoms with Gasteiger partial charge in [0.05, 0.1) is 18.8 Å². The van der Waals surface area contributed by atoms with Gasteiger partial charge in [-0.3, -0.25) is 0 Å². The highest BCUT2D eigenvalue weighted by Crippen LogP contribution is 2.40. The van der Waals surface area contributed by atoms with Crippen LogP contribution >= 0.6 is 0 Å². The summed E-state index contributed by atoms with van der Waals surface area (Å²) in [6.07, 6.45) is 2.32. The second kappa shape index (κ2) is 7.14. The van der Waals surface area contributed by atoms with Gasteiger partial charge in [0.2, 0.25) is 0 Å². The molecule has 2 rings (SSSR count). The molecule has 0 spiro atoms. The molecule has 2 N–H and O–H groups in total. The lowest BCUT2D eigenvalue weighted by Crippen LogP contribution is -2.57. The predicted octanol–water partition coefficient (Wildman–Crippen LogP) is 2.60. The molecular formula is C17H27NO3. The number of hydrogen-bond acceptors (Lipinski definition) is 4. The van der Waals surface area contributed by atoms with Crippen molar-refractivity contribution >= 4 is 0 Å². The van der Waals surface area contributed by atoms with Gasteiger partial charge in [-0.2, -0.15) is 0 Å². The normalized spacial score (nSPS) is 17.6. The van der Waals surface area contributed by atoms with E-state index in [1.807, 2.05) is 31.2 Å². The fourth-order valence-corrected chi connectivity index (χ4v) is 2.72. The van der Waals surface area contributed by atoms with E-state index in [0.29, 0.717) is 25.2 Å². The lowest BCUT2D eigenvalue weighted by atomic mass is 9.94. The standard InChI is InChI=1S/C17H27NO3/c1-4-20-15-7-9-16(10-8-15)21-12-17(11-19,14-5-6-14)18-13(2)3/h7-10,13-14,18-19H,4-6,11-12H2,1-3H3. The highest BCUT2D eigenvalue weighted by atomic mass is 16.5. The maximum atomic E-state index is 9.87. The molecule has 0 heterocycles. The summed E-state index contributed by atoms with van der Waals surface area (Å²) in [5, 5.41) is 13.4. The van der Waals surface area contributed by atoms with E-state index in [1.165, 1.54) is 0 Å². The summed E-state index contributed by atoms with van der Waals surface area (Å²) in [6.45, 7) is 7.42. The molecule has 118 valence electrons. The average Bonchev–Trinajstić information content (AvgIpc) is 3.30. The summed E-state index contributed by atoms with van der Waals surface area (Å²) in [5.41, 5.74) is -0.327. The number of ether oxygens (including phenoxy) is 2. The molecular weight excluding hydrogens is 266 g/mol. The van der Waals surface area contributed by atoms with Crippen LogP contribution in [-0.2, 0) is 0 Å². The molecule has 1 fully saturated rings. The Labute approximate surface area is 127 Å². The first-order valence-electron chi connectivity index (χ1n) is 7.84. The van der Waals surface area contributed by atoms with Crippen LogP contribution in [0.2, 0.25) is 0 Å². The Kier molecular flexibility index (Phi) is 5.48. The maximum absolute atomic E-state index is 9.87. The monoisotopic (exact) mass is 293 g/mol. The number of aliphatic hydroxyl groups is 1. The van der Waals surface area contributed by atoms with Gasteiger partial charge in [0.25, 0.3) is 0 Å². The molecule has 1 atom stereocenters. The van der Waals surface area contributed by atoms with Gasteiger partial charge in [-0.1, -0.05) is 13.8 Å². The summed E-state index contributed by atoms with van der Waals surface area (Å²) in [7, 11) is 0. The minimum atomic E-state index is -0.327.